The molecule has 1 amide bonds. The second kappa shape index (κ2) is 7.75. The highest BCUT2D eigenvalue weighted by molar-refractivity contribution is 5.78. The molecule has 0 unspecified atom stereocenters. The quantitative estimate of drug-likeness (QED) is 0.904. The van der Waals surface area contributed by atoms with E-state index in [1.54, 1.807) is 0 Å². The van der Waals surface area contributed by atoms with Crippen molar-refractivity contribution in [2.24, 2.45) is 5.92 Å². The van der Waals surface area contributed by atoms with Crippen LogP contribution in [-0.4, -0.2) is 29.0 Å². The van der Waals surface area contributed by atoms with Crippen molar-refractivity contribution in [3.05, 3.63) is 17.5 Å². The predicted octanol–water partition coefficient (Wildman–Crippen LogP) is 3.39. The summed E-state index contributed by atoms with van der Waals surface area (Å²) in [5.41, 5.74) is 1.93. The van der Waals surface area contributed by atoms with Crippen molar-refractivity contribution in [1.29, 1.82) is 0 Å². The third kappa shape index (κ3) is 4.43. The van der Waals surface area contributed by atoms with Gasteiger partial charge < -0.3 is 10.2 Å². The lowest BCUT2D eigenvalue weighted by atomic mass is 9.95. The van der Waals surface area contributed by atoms with Crippen molar-refractivity contribution >= 4 is 11.9 Å². The molecule has 0 aliphatic heterocycles. The van der Waals surface area contributed by atoms with E-state index in [2.05, 4.69) is 27.2 Å². The van der Waals surface area contributed by atoms with E-state index >= 15 is 0 Å². The van der Waals surface area contributed by atoms with E-state index < -0.39 is 0 Å². The predicted molar refractivity (Wildman–Crippen MR) is 93.4 cm³/mol. The number of amides is 1. The molecule has 1 aliphatic carbocycles. The molecule has 2 rings (SSSR count). The third-order valence-corrected chi connectivity index (χ3v) is 4.79. The van der Waals surface area contributed by atoms with Crippen LogP contribution >= 0.6 is 0 Å². The molecular weight excluding hydrogens is 288 g/mol. The minimum absolute atomic E-state index is 0.0182. The van der Waals surface area contributed by atoms with Gasteiger partial charge in [0, 0.05) is 36.5 Å². The van der Waals surface area contributed by atoms with Gasteiger partial charge in [0.2, 0.25) is 11.9 Å². The van der Waals surface area contributed by atoms with Crippen LogP contribution in [0, 0.1) is 12.8 Å². The molecule has 1 N–H and O–H groups in total. The highest BCUT2D eigenvalue weighted by Gasteiger charge is 2.21. The number of aryl methyl sites for hydroxylation is 1. The highest BCUT2D eigenvalue weighted by atomic mass is 16.1. The van der Waals surface area contributed by atoms with Crippen molar-refractivity contribution in [2.75, 3.05) is 11.9 Å². The lowest BCUT2D eigenvalue weighted by Crippen LogP contribution is -2.35. The van der Waals surface area contributed by atoms with Crippen molar-refractivity contribution in [1.82, 2.24) is 15.3 Å². The van der Waals surface area contributed by atoms with Gasteiger partial charge in [-0.2, -0.15) is 0 Å². The minimum atomic E-state index is -0.0704. The van der Waals surface area contributed by atoms with Gasteiger partial charge in [-0.1, -0.05) is 33.1 Å². The van der Waals surface area contributed by atoms with Crippen LogP contribution in [0.15, 0.2) is 6.20 Å². The first-order valence-electron chi connectivity index (χ1n) is 8.77. The molecule has 0 spiro atoms. The summed E-state index contributed by atoms with van der Waals surface area (Å²) in [5.74, 6) is 0.830. The summed E-state index contributed by atoms with van der Waals surface area (Å²) in [6.45, 7) is 7.77. The van der Waals surface area contributed by atoms with Gasteiger partial charge in [0.1, 0.15) is 0 Å². The zero-order chi connectivity index (χ0) is 17.0. The Balaban J connectivity index is 2.09. The Bertz CT molecular complexity index is 538. The van der Waals surface area contributed by atoms with Crippen LogP contribution in [0.5, 0.6) is 0 Å². The van der Waals surface area contributed by atoms with Crippen LogP contribution in [-0.2, 0) is 4.79 Å². The number of hydrogen-bond acceptors (Lipinski definition) is 4. The van der Waals surface area contributed by atoms with Gasteiger partial charge >= 0.3 is 0 Å². The van der Waals surface area contributed by atoms with Crippen LogP contribution in [0.25, 0.3) is 0 Å². The average molecular weight is 318 g/mol. The van der Waals surface area contributed by atoms with Gasteiger partial charge in [0.25, 0.3) is 0 Å². The molecule has 1 atom stereocenters. The van der Waals surface area contributed by atoms with E-state index in [-0.39, 0.29) is 17.9 Å². The smallest absolute Gasteiger partial charge is 0.225 e. The number of carbonyl (C=O) groups excluding carboxylic acids is 1. The maximum atomic E-state index is 11.9. The second-order valence-electron chi connectivity index (χ2n) is 7.00. The molecule has 1 aromatic rings. The summed E-state index contributed by atoms with van der Waals surface area (Å²) < 4.78 is 0. The summed E-state index contributed by atoms with van der Waals surface area (Å²) in [6, 6.07) is 0.478. The SMILES string of the molecule is Cc1nc(N(C)C2CCCCC2)ncc1[C@@H](C)NC(=O)C(C)C. The molecule has 0 radical (unpaired) electrons. The molecule has 5 heteroatoms. The molecule has 5 nitrogen and oxygen atoms in total. The Morgan fingerprint density at radius 3 is 2.48 bits per heavy atom. The number of nitrogens with zero attached hydrogens (tertiary/aromatic N) is 3. The van der Waals surface area contributed by atoms with Gasteiger partial charge in [0.15, 0.2) is 0 Å². The number of aromatic nitrogens is 2. The molecule has 1 saturated carbocycles. The van der Waals surface area contributed by atoms with Gasteiger partial charge in [-0.15, -0.1) is 0 Å². The van der Waals surface area contributed by atoms with Crippen molar-refractivity contribution in [2.45, 2.75) is 71.9 Å². The van der Waals surface area contributed by atoms with E-state index in [9.17, 15) is 4.79 Å². The van der Waals surface area contributed by atoms with Crippen LogP contribution in [0.4, 0.5) is 5.95 Å². The monoisotopic (exact) mass is 318 g/mol. The van der Waals surface area contributed by atoms with Crippen LogP contribution in [0.3, 0.4) is 0 Å². The Kier molecular flexibility index (Phi) is 5.97. The molecule has 1 aromatic heterocycles. The van der Waals surface area contributed by atoms with Gasteiger partial charge in [-0.25, -0.2) is 9.97 Å². The van der Waals surface area contributed by atoms with E-state index in [0.29, 0.717) is 6.04 Å². The number of rotatable bonds is 5. The van der Waals surface area contributed by atoms with Crippen molar-refractivity contribution in [3.8, 4) is 0 Å². The summed E-state index contributed by atoms with van der Waals surface area (Å²) in [6.07, 6.45) is 8.25. The van der Waals surface area contributed by atoms with Gasteiger partial charge in [0.05, 0.1) is 6.04 Å². The zero-order valence-corrected chi connectivity index (χ0v) is 15.1. The van der Waals surface area contributed by atoms with Gasteiger partial charge in [-0.3, -0.25) is 4.79 Å². The van der Waals surface area contributed by atoms with Crippen molar-refractivity contribution in [3.63, 3.8) is 0 Å². The van der Waals surface area contributed by atoms with Crippen LogP contribution < -0.4 is 10.2 Å². The van der Waals surface area contributed by atoms with Crippen molar-refractivity contribution < 1.29 is 4.79 Å². The van der Waals surface area contributed by atoms with E-state index in [1.807, 2.05) is 33.9 Å². The van der Waals surface area contributed by atoms with Crippen LogP contribution in [0.2, 0.25) is 0 Å². The molecule has 0 saturated heterocycles. The fourth-order valence-electron chi connectivity index (χ4n) is 3.15. The summed E-state index contributed by atoms with van der Waals surface area (Å²) in [4.78, 5) is 23.3. The van der Waals surface area contributed by atoms with E-state index in [4.69, 9.17) is 0 Å². The normalized spacial score (nSPS) is 17.1. The number of anilines is 1. The maximum Gasteiger partial charge on any atom is 0.225 e. The first-order chi connectivity index (χ1) is 10.9. The molecule has 128 valence electrons. The lowest BCUT2D eigenvalue weighted by Gasteiger charge is -2.31. The highest BCUT2D eigenvalue weighted by Crippen LogP contribution is 2.25. The fourth-order valence-corrected chi connectivity index (χ4v) is 3.15. The number of nitrogens with one attached hydrogen (secondary N) is 1. The van der Waals surface area contributed by atoms with E-state index in [0.717, 1.165) is 17.2 Å². The Morgan fingerprint density at radius 2 is 1.91 bits per heavy atom. The molecule has 1 heterocycles. The van der Waals surface area contributed by atoms with Gasteiger partial charge in [-0.05, 0) is 26.7 Å². The maximum absolute atomic E-state index is 11.9. The number of carbonyl (C=O) groups is 1. The summed E-state index contributed by atoms with van der Waals surface area (Å²) in [5, 5.41) is 3.02. The first-order valence-corrected chi connectivity index (χ1v) is 8.77. The molecule has 1 fully saturated rings. The molecule has 0 aromatic carbocycles. The molecular formula is C18H30N4O. The zero-order valence-electron chi connectivity index (χ0n) is 15.1. The topological polar surface area (TPSA) is 58.1 Å². The summed E-state index contributed by atoms with van der Waals surface area (Å²) in [7, 11) is 2.09. The molecule has 0 bridgehead atoms. The summed E-state index contributed by atoms with van der Waals surface area (Å²) >= 11 is 0. The Hall–Kier alpha value is -1.65. The van der Waals surface area contributed by atoms with E-state index in [1.165, 1.54) is 32.1 Å². The largest absolute Gasteiger partial charge is 0.349 e. The number of hydrogen-bond donors (Lipinski definition) is 1. The standard InChI is InChI=1S/C18H30N4O/c1-12(2)17(23)20-13(3)16-11-19-18(21-14(16)4)22(5)15-9-7-6-8-10-15/h11-13,15H,6-10H2,1-5H3,(H,20,23)/t13-/m1/s1. The Labute approximate surface area is 139 Å². The Morgan fingerprint density at radius 1 is 1.26 bits per heavy atom. The first kappa shape index (κ1) is 17.7. The average Bonchev–Trinajstić information content (AvgIpc) is 2.54. The van der Waals surface area contributed by atoms with Crippen LogP contribution in [0.1, 0.15) is 70.2 Å². The minimum Gasteiger partial charge on any atom is -0.349 e. The second-order valence-corrected chi connectivity index (χ2v) is 7.00. The lowest BCUT2D eigenvalue weighted by molar-refractivity contribution is -0.124. The molecule has 23 heavy (non-hydrogen) atoms. The third-order valence-electron chi connectivity index (χ3n) is 4.79. The molecule has 1 aliphatic rings. The fraction of sp³-hybridized carbons (Fsp3) is 0.722.